The molecule has 0 bridgehead atoms. The second-order valence-corrected chi connectivity index (χ2v) is 5.71. The smallest absolute Gasteiger partial charge is 0.234 e. The summed E-state index contributed by atoms with van der Waals surface area (Å²) in [6, 6.07) is 26.2. The molecule has 2 nitrogen and oxygen atoms in total. The Kier molecular flexibility index (Phi) is 3.43. The number of fused-ring (bicyclic) bond motifs is 2. The third-order valence-electron chi connectivity index (χ3n) is 4.27. The van der Waals surface area contributed by atoms with Crippen molar-refractivity contribution in [2.75, 3.05) is 0 Å². The van der Waals surface area contributed by atoms with Crippen molar-refractivity contribution in [2.24, 2.45) is 0 Å². The van der Waals surface area contributed by atoms with E-state index in [4.69, 9.17) is 0 Å². The molecule has 24 heavy (non-hydrogen) atoms. The summed E-state index contributed by atoms with van der Waals surface area (Å²) >= 11 is 0. The van der Waals surface area contributed by atoms with Crippen LogP contribution in [-0.4, -0.2) is 11.6 Å². The van der Waals surface area contributed by atoms with Crippen LogP contribution in [0.15, 0.2) is 84.9 Å². The van der Waals surface area contributed by atoms with Gasteiger partial charge >= 0.3 is 0 Å². The average Bonchev–Trinajstić information content (AvgIpc) is 2.66. The van der Waals surface area contributed by atoms with Gasteiger partial charge in [0, 0.05) is 11.1 Å². The van der Waals surface area contributed by atoms with Gasteiger partial charge in [0.05, 0.1) is 0 Å². The average molecular weight is 310 g/mol. The zero-order chi connectivity index (χ0) is 16.5. The summed E-state index contributed by atoms with van der Waals surface area (Å²) < 4.78 is 0. The fourth-order valence-electron chi connectivity index (χ4n) is 3.09. The highest BCUT2D eigenvalue weighted by atomic mass is 16.2. The van der Waals surface area contributed by atoms with Gasteiger partial charge in [-0.05, 0) is 21.5 Å². The molecule has 0 aliphatic carbocycles. The lowest BCUT2D eigenvalue weighted by atomic mass is 9.94. The van der Waals surface area contributed by atoms with Crippen LogP contribution in [0, 0.1) is 0 Å². The van der Waals surface area contributed by atoms with Gasteiger partial charge in [0.2, 0.25) is 11.6 Å². The van der Waals surface area contributed by atoms with E-state index in [9.17, 15) is 9.59 Å². The predicted molar refractivity (Wildman–Crippen MR) is 96.6 cm³/mol. The standard InChI is InChI=1S/C22H14O2/c23-21(19-13-5-9-15-7-1-3-11-17(15)19)22(24)20-14-6-10-16-8-2-4-12-18(16)20/h1-14H. The number of ketones is 2. The minimum atomic E-state index is -0.469. The van der Waals surface area contributed by atoms with E-state index < -0.39 is 11.6 Å². The summed E-state index contributed by atoms with van der Waals surface area (Å²) in [7, 11) is 0. The van der Waals surface area contributed by atoms with E-state index in [1.54, 1.807) is 12.1 Å². The van der Waals surface area contributed by atoms with E-state index in [0.717, 1.165) is 21.5 Å². The maximum Gasteiger partial charge on any atom is 0.234 e. The summed E-state index contributed by atoms with van der Waals surface area (Å²) in [5.74, 6) is -0.939. The molecular weight excluding hydrogens is 296 g/mol. The van der Waals surface area contributed by atoms with Crippen LogP contribution in [0.25, 0.3) is 21.5 Å². The number of Topliss-reactive ketones (excluding diaryl/α,β-unsaturated/α-hetero) is 2. The Morgan fingerprint density at radius 2 is 0.833 bits per heavy atom. The van der Waals surface area contributed by atoms with Crippen molar-refractivity contribution in [3.05, 3.63) is 96.1 Å². The van der Waals surface area contributed by atoms with E-state index in [1.165, 1.54) is 0 Å². The molecule has 2 heteroatoms. The van der Waals surface area contributed by atoms with Crippen LogP contribution < -0.4 is 0 Å². The number of carbonyl (C=O) groups excluding carboxylic acids is 2. The zero-order valence-corrected chi connectivity index (χ0v) is 12.9. The second kappa shape index (κ2) is 5.74. The number of benzene rings is 4. The van der Waals surface area contributed by atoms with Gasteiger partial charge in [-0.3, -0.25) is 9.59 Å². The van der Waals surface area contributed by atoms with Crippen LogP contribution in [0.4, 0.5) is 0 Å². The van der Waals surface area contributed by atoms with Gasteiger partial charge < -0.3 is 0 Å². The molecule has 4 rings (SSSR count). The Hall–Kier alpha value is -3.26. The molecule has 0 N–H and O–H groups in total. The van der Waals surface area contributed by atoms with Crippen LogP contribution in [0.3, 0.4) is 0 Å². The summed E-state index contributed by atoms with van der Waals surface area (Å²) in [4.78, 5) is 25.7. The minimum Gasteiger partial charge on any atom is -0.285 e. The monoisotopic (exact) mass is 310 g/mol. The van der Waals surface area contributed by atoms with E-state index in [2.05, 4.69) is 0 Å². The summed E-state index contributed by atoms with van der Waals surface area (Å²) in [6.07, 6.45) is 0. The molecule has 0 atom stereocenters. The first kappa shape index (κ1) is 14.3. The summed E-state index contributed by atoms with van der Waals surface area (Å²) in [5.41, 5.74) is 0.900. The molecule has 0 radical (unpaired) electrons. The van der Waals surface area contributed by atoms with Gasteiger partial charge in [-0.1, -0.05) is 84.9 Å². The minimum absolute atomic E-state index is 0.450. The lowest BCUT2D eigenvalue weighted by Crippen LogP contribution is -2.15. The quantitative estimate of drug-likeness (QED) is 0.391. The topological polar surface area (TPSA) is 34.1 Å². The molecule has 0 aliphatic rings. The summed E-state index contributed by atoms with van der Waals surface area (Å²) in [6.45, 7) is 0. The van der Waals surface area contributed by atoms with Gasteiger partial charge in [0.25, 0.3) is 0 Å². The maximum atomic E-state index is 12.9. The van der Waals surface area contributed by atoms with Crippen LogP contribution in [0.2, 0.25) is 0 Å². The SMILES string of the molecule is O=C(C(=O)c1cccc2ccccc12)c1cccc2ccccc12. The molecule has 0 aromatic heterocycles. The van der Waals surface area contributed by atoms with Crippen molar-refractivity contribution < 1.29 is 9.59 Å². The normalized spacial score (nSPS) is 10.8. The number of rotatable bonds is 3. The van der Waals surface area contributed by atoms with Crippen molar-refractivity contribution in [1.82, 2.24) is 0 Å². The Labute approximate surface area is 139 Å². The van der Waals surface area contributed by atoms with E-state index in [0.29, 0.717) is 11.1 Å². The zero-order valence-electron chi connectivity index (χ0n) is 12.9. The molecule has 0 heterocycles. The van der Waals surface area contributed by atoms with Gasteiger partial charge in [-0.25, -0.2) is 0 Å². The molecule has 0 unspecified atom stereocenters. The van der Waals surface area contributed by atoms with Crippen molar-refractivity contribution in [3.8, 4) is 0 Å². The lowest BCUT2D eigenvalue weighted by Gasteiger charge is -2.07. The van der Waals surface area contributed by atoms with E-state index in [1.807, 2.05) is 72.8 Å². The third kappa shape index (κ3) is 2.29. The van der Waals surface area contributed by atoms with Gasteiger partial charge in [-0.2, -0.15) is 0 Å². The van der Waals surface area contributed by atoms with Crippen LogP contribution in [0.1, 0.15) is 20.7 Å². The van der Waals surface area contributed by atoms with Crippen molar-refractivity contribution in [3.63, 3.8) is 0 Å². The van der Waals surface area contributed by atoms with Gasteiger partial charge in [0.15, 0.2) is 0 Å². The molecule has 4 aromatic carbocycles. The van der Waals surface area contributed by atoms with Crippen LogP contribution in [0.5, 0.6) is 0 Å². The number of carbonyl (C=O) groups is 2. The predicted octanol–water partition coefficient (Wildman–Crippen LogP) is 5.06. The first-order chi connectivity index (χ1) is 11.8. The third-order valence-corrected chi connectivity index (χ3v) is 4.27. The fourth-order valence-corrected chi connectivity index (χ4v) is 3.09. The molecular formula is C22H14O2. The molecule has 0 saturated heterocycles. The fraction of sp³-hybridized carbons (Fsp3) is 0. The highest BCUT2D eigenvalue weighted by Gasteiger charge is 2.21. The van der Waals surface area contributed by atoms with Crippen molar-refractivity contribution >= 4 is 33.1 Å². The van der Waals surface area contributed by atoms with Crippen molar-refractivity contribution in [2.45, 2.75) is 0 Å². The highest BCUT2D eigenvalue weighted by Crippen LogP contribution is 2.23. The highest BCUT2D eigenvalue weighted by molar-refractivity contribution is 6.52. The molecule has 0 fully saturated rings. The largest absolute Gasteiger partial charge is 0.285 e. The Morgan fingerprint density at radius 3 is 1.29 bits per heavy atom. The van der Waals surface area contributed by atoms with Crippen LogP contribution >= 0.6 is 0 Å². The molecule has 0 spiro atoms. The first-order valence-corrected chi connectivity index (χ1v) is 7.80. The summed E-state index contributed by atoms with van der Waals surface area (Å²) in [5, 5.41) is 3.51. The lowest BCUT2D eigenvalue weighted by molar-refractivity contribution is 0.0819. The Balaban J connectivity index is 1.85. The molecule has 114 valence electrons. The molecule has 0 saturated carbocycles. The van der Waals surface area contributed by atoms with Crippen LogP contribution in [-0.2, 0) is 0 Å². The maximum absolute atomic E-state index is 12.9. The van der Waals surface area contributed by atoms with E-state index in [-0.39, 0.29) is 0 Å². The van der Waals surface area contributed by atoms with Gasteiger partial charge in [0.1, 0.15) is 0 Å². The van der Waals surface area contributed by atoms with E-state index >= 15 is 0 Å². The second-order valence-electron chi connectivity index (χ2n) is 5.71. The van der Waals surface area contributed by atoms with Gasteiger partial charge in [-0.15, -0.1) is 0 Å². The van der Waals surface area contributed by atoms with Crippen molar-refractivity contribution in [1.29, 1.82) is 0 Å². The molecule has 0 aliphatic heterocycles. The number of hydrogen-bond acceptors (Lipinski definition) is 2. The first-order valence-electron chi connectivity index (χ1n) is 7.80. The number of hydrogen-bond donors (Lipinski definition) is 0. The molecule has 4 aromatic rings. The Morgan fingerprint density at radius 1 is 0.458 bits per heavy atom. The Bertz CT molecular complexity index is 993. The molecule has 0 amide bonds.